The van der Waals surface area contributed by atoms with E-state index in [2.05, 4.69) is 31.1 Å². The summed E-state index contributed by atoms with van der Waals surface area (Å²) < 4.78 is 5.84. The van der Waals surface area contributed by atoms with Gasteiger partial charge in [0.2, 0.25) is 0 Å². The Hall–Kier alpha value is -0.120. The van der Waals surface area contributed by atoms with Gasteiger partial charge in [-0.15, -0.1) is 0 Å². The van der Waals surface area contributed by atoms with Crippen LogP contribution in [0, 0.1) is 0 Å². The Balaban J connectivity index is 1.94. The van der Waals surface area contributed by atoms with Crippen molar-refractivity contribution in [1.29, 1.82) is 0 Å². The molecule has 0 aromatic heterocycles. The maximum absolute atomic E-state index is 5.84. The molecule has 90 valence electrons. The van der Waals surface area contributed by atoms with Gasteiger partial charge in [-0.3, -0.25) is 0 Å². The minimum atomic E-state index is 0.115. The van der Waals surface area contributed by atoms with Crippen molar-refractivity contribution in [2.24, 2.45) is 0 Å². The van der Waals surface area contributed by atoms with Gasteiger partial charge in [-0.1, -0.05) is 19.8 Å². The van der Waals surface area contributed by atoms with Crippen molar-refractivity contribution >= 4 is 0 Å². The zero-order valence-corrected chi connectivity index (χ0v) is 10.5. The molecule has 0 bridgehead atoms. The van der Waals surface area contributed by atoms with Crippen LogP contribution in [0.3, 0.4) is 0 Å². The highest BCUT2D eigenvalue weighted by Crippen LogP contribution is 2.14. The lowest BCUT2D eigenvalue weighted by atomic mass is 10.0. The van der Waals surface area contributed by atoms with Crippen LogP contribution < -0.4 is 5.32 Å². The van der Waals surface area contributed by atoms with Gasteiger partial charge in [-0.05, 0) is 26.9 Å². The first-order valence-corrected chi connectivity index (χ1v) is 6.19. The van der Waals surface area contributed by atoms with Crippen LogP contribution in [0.25, 0.3) is 0 Å². The summed E-state index contributed by atoms with van der Waals surface area (Å²) in [5.41, 5.74) is 0.115. The molecule has 1 aliphatic rings. The van der Waals surface area contributed by atoms with Gasteiger partial charge in [0.25, 0.3) is 0 Å². The number of likely N-dealkylation sites (N-methyl/N-ethyl adjacent to an activating group) is 1. The van der Waals surface area contributed by atoms with Gasteiger partial charge < -0.3 is 15.0 Å². The summed E-state index contributed by atoms with van der Waals surface area (Å²) in [5.74, 6) is 0. The van der Waals surface area contributed by atoms with Crippen molar-refractivity contribution < 1.29 is 4.74 Å². The summed E-state index contributed by atoms with van der Waals surface area (Å²) in [5, 5.41) is 3.24. The smallest absolute Gasteiger partial charge is 0.0902 e. The first kappa shape index (κ1) is 12.9. The molecule has 0 aromatic rings. The molecule has 0 spiro atoms. The van der Waals surface area contributed by atoms with E-state index in [0.717, 1.165) is 26.2 Å². The van der Waals surface area contributed by atoms with E-state index < -0.39 is 0 Å². The Morgan fingerprint density at radius 1 is 1.27 bits per heavy atom. The molecule has 0 aliphatic carbocycles. The second-order valence-electron chi connectivity index (χ2n) is 4.91. The van der Waals surface area contributed by atoms with E-state index in [1.165, 1.54) is 25.8 Å². The molecule has 15 heavy (non-hydrogen) atoms. The van der Waals surface area contributed by atoms with Crippen LogP contribution in [0.1, 0.15) is 33.1 Å². The van der Waals surface area contributed by atoms with E-state index in [0.29, 0.717) is 0 Å². The fraction of sp³-hybridized carbons (Fsp3) is 1.00. The number of ether oxygens (including phenoxy) is 1. The quantitative estimate of drug-likeness (QED) is 0.620. The molecular formula is C12H26N2O. The van der Waals surface area contributed by atoms with Crippen LogP contribution in [0.4, 0.5) is 0 Å². The van der Waals surface area contributed by atoms with Crippen molar-refractivity contribution in [1.82, 2.24) is 10.2 Å². The molecule has 0 atom stereocenters. The van der Waals surface area contributed by atoms with Crippen molar-refractivity contribution in [2.75, 3.05) is 39.8 Å². The molecule has 0 unspecified atom stereocenters. The summed E-state index contributed by atoms with van der Waals surface area (Å²) in [6.45, 7) is 9.56. The van der Waals surface area contributed by atoms with Crippen molar-refractivity contribution in [3.8, 4) is 0 Å². The number of hydrogen-bond donors (Lipinski definition) is 1. The summed E-state index contributed by atoms with van der Waals surface area (Å²) in [6, 6.07) is 0. The third kappa shape index (κ3) is 4.96. The molecule has 0 aromatic carbocycles. The third-order valence-corrected chi connectivity index (χ3v) is 3.06. The van der Waals surface area contributed by atoms with Crippen LogP contribution in [-0.2, 0) is 4.74 Å². The minimum absolute atomic E-state index is 0.115. The number of rotatable bonds is 8. The van der Waals surface area contributed by atoms with Crippen molar-refractivity contribution in [2.45, 2.75) is 38.7 Å². The van der Waals surface area contributed by atoms with Crippen molar-refractivity contribution in [3.05, 3.63) is 0 Å². The van der Waals surface area contributed by atoms with Crippen LogP contribution in [0.2, 0.25) is 0 Å². The largest absolute Gasteiger partial charge is 0.371 e. The van der Waals surface area contributed by atoms with Crippen LogP contribution in [-0.4, -0.2) is 50.3 Å². The molecule has 1 heterocycles. The Kier molecular flexibility index (Phi) is 5.58. The van der Waals surface area contributed by atoms with Gasteiger partial charge in [0.05, 0.1) is 12.2 Å². The molecule has 1 rings (SSSR count). The second kappa shape index (κ2) is 6.46. The average molecular weight is 214 g/mol. The SMILES string of the molecule is CCCCCN(C)CCOC1(C)CNC1. The molecular weight excluding hydrogens is 188 g/mol. The first-order chi connectivity index (χ1) is 7.16. The molecule has 1 N–H and O–H groups in total. The molecule has 0 saturated carbocycles. The highest BCUT2D eigenvalue weighted by Gasteiger charge is 2.32. The Bertz CT molecular complexity index is 169. The second-order valence-corrected chi connectivity index (χ2v) is 4.91. The molecule has 1 fully saturated rings. The fourth-order valence-corrected chi connectivity index (χ4v) is 1.77. The van der Waals surface area contributed by atoms with Gasteiger partial charge in [-0.2, -0.15) is 0 Å². The maximum Gasteiger partial charge on any atom is 0.0902 e. The molecule has 3 heteroatoms. The number of nitrogens with one attached hydrogen (secondary N) is 1. The van der Waals surface area contributed by atoms with E-state index in [-0.39, 0.29) is 5.60 Å². The topological polar surface area (TPSA) is 24.5 Å². The van der Waals surface area contributed by atoms with E-state index in [4.69, 9.17) is 4.74 Å². The van der Waals surface area contributed by atoms with Crippen LogP contribution >= 0.6 is 0 Å². The molecule has 0 amide bonds. The van der Waals surface area contributed by atoms with Gasteiger partial charge >= 0.3 is 0 Å². The molecule has 1 aliphatic heterocycles. The highest BCUT2D eigenvalue weighted by molar-refractivity contribution is 4.90. The summed E-state index contributed by atoms with van der Waals surface area (Å²) in [4.78, 5) is 2.37. The average Bonchev–Trinajstić information content (AvgIpc) is 2.16. The monoisotopic (exact) mass is 214 g/mol. The Morgan fingerprint density at radius 2 is 2.00 bits per heavy atom. The van der Waals surface area contributed by atoms with Crippen molar-refractivity contribution in [3.63, 3.8) is 0 Å². The normalized spacial score (nSPS) is 19.2. The molecule has 0 radical (unpaired) electrons. The zero-order valence-electron chi connectivity index (χ0n) is 10.5. The number of nitrogens with zero attached hydrogens (tertiary/aromatic N) is 1. The molecule has 1 saturated heterocycles. The number of unbranched alkanes of at least 4 members (excludes halogenated alkanes) is 2. The van der Waals surface area contributed by atoms with Crippen LogP contribution in [0.15, 0.2) is 0 Å². The van der Waals surface area contributed by atoms with E-state index in [1.54, 1.807) is 0 Å². The summed E-state index contributed by atoms with van der Waals surface area (Å²) >= 11 is 0. The van der Waals surface area contributed by atoms with Gasteiger partial charge in [0, 0.05) is 19.6 Å². The van der Waals surface area contributed by atoms with Gasteiger partial charge in [0.15, 0.2) is 0 Å². The van der Waals surface area contributed by atoms with E-state index in [1.807, 2.05) is 0 Å². The molecule has 3 nitrogen and oxygen atoms in total. The summed E-state index contributed by atoms with van der Waals surface area (Å²) in [6.07, 6.45) is 3.95. The Morgan fingerprint density at radius 3 is 2.53 bits per heavy atom. The standard InChI is InChI=1S/C12H26N2O/c1-4-5-6-7-14(3)8-9-15-12(2)10-13-11-12/h13H,4-11H2,1-3H3. The van der Waals surface area contributed by atoms with Crippen LogP contribution in [0.5, 0.6) is 0 Å². The minimum Gasteiger partial charge on any atom is -0.371 e. The van der Waals surface area contributed by atoms with Gasteiger partial charge in [0.1, 0.15) is 0 Å². The first-order valence-electron chi connectivity index (χ1n) is 6.19. The predicted molar refractivity (Wildman–Crippen MR) is 64.2 cm³/mol. The zero-order chi connectivity index (χ0) is 11.1. The predicted octanol–water partition coefficient (Wildman–Crippen LogP) is 1.49. The lowest BCUT2D eigenvalue weighted by Gasteiger charge is -2.39. The third-order valence-electron chi connectivity index (χ3n) is 3.06. The van der Waals surface area contributed by atoms with Gasteiger partial charge in [-0.25, -0.2) is 0 Å². The fourth-order valence-electron chi connectivity index (χ4n) is 1.77. The lowest BCUT2D eigenvalue weighted by Crippen LogP contribution is -2.59. The summed E-state index contributed by atoms with van der Waals surface area (Å²) in [7, 11) is 2.18. The van der Waals surface area contributed by atoms with E-state index >= 15 is 0 Å². The highest BCUT2D eigenvalue weighted by atomic mass is 16.5. The maximum atomic E-state index is 5.84. The number of hydrogen-bond acceptors (Lipinski definition) is 3. The Labute approximate surface area is 94.2 Å². The lowest BCUT2D eigenvalue weighted by molar-refractivity contribution is -0.0709. The van der Waals surface area contributed by atoms with E-state index in [9.17, 15) is 0 Å².